The summed E-state index contributed by atoms with van der Waals surface area (Å²) >= 11 is 5.75. The fourth-order valence-electron chi connectivity index (χ4n) is 2.68. The first-order chi connectivity index (χ1) is 10.1. The standard InChI is InChI=1S/C17H15ClFNO/c18-14-7-3-6-12(17(14)19)9-16(21)15-8-11-4-1-2-5-13(11)10-20-15/h1-7,15,20H,8-10H2. The molecule has 2 nitrogen and oxygen atoms in total. The van der Waals surface area contributed by atoms with Gasteiger partial charge in [0.2, 0.25) is 0 Å². The lowest BCUT2D eigenvalue weighted by Gasteiger charge is -2.25. The van der Waals surface area contributed by atoms with E-state index in [0.29, 0.717) is 18.5 Å². The summed E-state index contributed by atoms with van der Waals surface area (Å²) in [5.41, 5.74) is 2.75. The van der Waals surface area contributed by atoms with Crippen molar-refractivity contribution in [3.05, 3.63) is 70.0 Å². The first kappa shape index (κ1) is 14.2. The summed E-state index contributed by atoms with van der Waals surface area (Å²) < 4.78 is 13.9. The molecule has 1 aliphatic heterocycles. The van der Waals surface area contributed by atoms with Crippen molar-refractivity contribution in [1.29, 1.82) is 0 Å². The lowest BCUT2D eigenvalue weighted by atomic mass is 9.91. The quantitative estimate of drug-likeness (QED) is 0.942. The monoisotopic (exact) mass is 303 g/mol. The van der Waals surface area contributed by atoms with Crippen LogP contribution in [0.2, 0.25) is 5.02 Å². The van der Waals surface area contributed by atoms with Crippen LogP contribution in [0.4, 0.5) is 4.39 Å². The number of nitrogens with one attached hydrogen (secondary N) is 1. The maximum absolute atomic E-state index is 13.9. The molecule has 2 aromatic rings. The maximum atomic E-state index is 13.9. The minimum absolute atomic E-state index is 0.00864. The van der Waals surface area contributed by atoms with Crippen molar-refractivity contribution in [2.45, 2.75) is 25.4 Å². The number of carbonyl (C=O) groups is 1. The van der Waals surface area contributed by atoms with Crippen molar-refractivity contribution < 1.29 is 9.18 Å². The Labute approximate surface area is 127 Å². The summed E-state index contributed by atoms with van der Waals surface area (Å²) in [4.78, 5) is 12.4. The number of ketones is 1. The van der Waals surface area contributed by atoms with Crippen LogP contribution in [-0.4, -0.2) is 11.8 Å². The second-order valence-electron chi connectivity index (χ2n) is 5.26. The average molecular weight is 304 g/mol. The molecule has 0 amide bonds. The van der Waals surface area contributed by atoms with E-state index < -0.39 is 5.82 Å². The Balaban J connectivity index is 1.74. The van der Waals surface area contributed by atoms with Crippen molar-refractivity contribution in [1.82, 2.24) is 5.32 Å². The van der Waals surface area contributed by atoms with Crippen LogP contribution >= 0.6 is 11.6 Å². The molecule has 0 fully saturated rings. The Morgan fingerprint density at radius 2 is 1.95 bits per heavy atom. The molecule has 21 heavy (non-hydrogen) atoms. The third-order valence-electron chi connectivity index (χ3n) is 3.87. The summed E-state index contributed by atoms with van der Waals surface area (Å²) in [5.74, 6) is -0.505. The van der Waals surface area contributed by atoms with Gasteiger partial charge >= 0.3 is 0 Å². The third-order valence-corrected chi connectivity index (χ3v) is 4.16. The lowest BCUT2D eigenvalue weighted by Crippen LogP contribution is -2.42. The lowest BCUT2D eigenvalue weighted by molar-refractivity contribution is -0.120. The molecule has 1 unspecified atom stereocenters. The molecular formula is C17H15ClFNO. The Morgan fingerprint density at radius 1 is 1.19 bits per heavy atom. The van der Waals surface area contributed by atoms with Crippen LogP contribution in [0.25, 0.3) is 0 Å². The smallest absolute Gasteiger partial charge is 0.154 e. The highest BCUT2D eigenvalue weighted by molar-refractivity contribution is 6.30. The Morgan fingerprint density at radius 3 is 2.76 bits per heavy atom. The van der Waals surface area contributed by atoms with Gasteiger partial charge in [-0.3, -0.25) is 4.79 Å². The number of carbonyl (C=O) groups excluding carboxylic acids is 1. The largest absolute Gasteiger partial charge is 0.303 e. The molecule has 0 aliphatic carbocycles. The van der Waals surface area contributed by atoms with E-state index in [0.717, 1.165) is 0 Å². The molecule has 3 rings (SSSR count). The fraction of sp³-hybridized carbons (Fsp3) is 0.235. The number of Topliss-reactive ketones (excluding diaryl/α,β-unsaturated/α-hetero) is 1. The third kappa shape index (κ3) is 2.99. The van der Waals surface area contributed by atoms with E-state index in [2.05, 4.69) is 11.4 Å². The van der Waals surface area contributed by atoms with Crippen molar-refractivity contribution in [2.24, 2.45) is 0 Å². The van der Waals surface area contributed by atoms with Crippen LogP contribution < -0.4 is 5.32 Å². The van der Waals surface area contributed by atoms with Crippen LogP contribution in [-0.2, 0) is 24.2 Å². The normalized spacial score (nSPS) is 17.3. The van der Waals surface area contributed by atoms with Crippen molar-refractivity contribution >= 4 is 17.4 Å². The van der Waals surface area contributed by atoms with E-state index in [1.807, 2.05) is 18.2 Å². The van der Waals surface area contributed by atoms with Gasteiger partial charge in [0.15, 0.2) is 5.78 Å². The highest BCUT2D eigenvalue weighted by Gasteiger charge is 2.24. The van der Waals surface area contributed by atoms with Crippen LogP contribution in [0.15, 0.2) is 42.5 Å². The van der Waals surface area contributed by atoms with E-state index in [9.17, 15) is 9.18 Å². The molecule has 0 bridgehead atoms. The molecule has 2 aromatic carbocycles. The summed E-state index contributed by atoms with van der Waals surface area (Å²) in [6, 6.07) is 12.5. The van der Waals surface area contributed by atoms with Crippen molar-refractivity contribution in [3.8, 4) is 0 Å². The van der Waals surface area contributed by atoms with Gasteiger partial charge in [-0.2, -0.15) is 0 Å². The van der Waals surface area contributed by atoms with E-state index in [-0.39, 0.29) is 23.3 Å². The highest BCUT2D eigenvalue weighted by atomic mass is 35.5. The molecule has 1 N–H and O–H groups in total. The van der Waals surface area contributed by atoms with Gasteiger partial charge in [0, 0.05) is 13.0 Å². The second kappa shape index (κ2) is 5.96. The van der Waals surface area contributed by atoms with Crippen LogP contribution in [0, 0.1) is 5.82 Å². The van der Waals surface area contributed by atoms with E-state index in [1.165, 1.54) is 17.2 Å². The summed E-state index contributed by atoms with van der Waals surface area (Å²) in [6.45, 7) is 0.671. The molecule has 0 saturated carbocycles. The number of benzene rings is 2. The zero-order chi connectivity index (χ0) is 14.8. The molecule has 0 saturated heterocycles. The summed E-state index contributed by atoms with van der Waals surface area (Å²) in [7, 11) is 0. The van der Waals surface area contributed by atoms with Crippen LogP contribution in [0.5, 0.6) is 0 Å². The van der Waals surface area contributed by atoms with Crippen LogP contribution in [0.3, 0.4) is 0 Å². The minimum atomic E-state index is -0.497. The van der Waals surface area contributed by atoms with Crippen molar-refractivity contribution in [2.75, 3.05) is 0 Å². The number of halogens is 2. The molecule has 108 valence electrons. The summed E-state index contributed by atoms with van der Waals surface area (Å²) in [6.07, 6.45) is 0.712. The maximum Gasteiger partial charge on any atom is 0.154 e. The number of rotatable bonds is 3. The molecule has 1 aliphatic rings. The second-order valence-corrected chi connectivity index (χ2v) is 5.67. The molecule has 1 heterocycles. The summed E-state index contributed by atoms with van der Waals surface area (Å²) in [5, 5.41) is 3.28. The Hall–Kier alpha value is -1.71. The Kier molecular flexibility index (Phi) is 4.04. The number of hydrogen-bond acceptors (Lipinski definition) is 2. The molecule has 4 heteroatoms. The van der Waals surface area contributed by atoms with Gasteiger partial charge in [-0.15, -0.1) is 0 Å². The number of hydrogen-bond donors (Lipinski definition) is 1. The van der Waals surface area contributed by atoms with Gasteiger partial charge in [0.1, 0.15) is 5.82 Å². The zero-order valence-corrected chi connectivity index (χ0v) is 12.2. The minimum Gasteiger partial charge on any atom is -0.303 e. The topological polar surface area (TPSA) is 29.1 Å². The Bertz CT molecular complexity index is 686. The highest BCUT2D eigenvalue weighted by Crippen LogP contribution is 2.21. The molecule has 1 atom stereocenters. The SMILES string of the molecule is O=C(Cc1cccc(Cl)c1F)C1Cc2ccccc2CN1. The van der Waals surface area contributed by atoms with Crippen molar-refractivity contribution in [3.63, 3.8) is 0 Å². The first-order valence-corrected chi connectivity index (χ1v) is 7.28. The fourth-order valence-corrected chi connectivity index (χ4v) is 2.87. The predicted molar refractivity (Wildman–Crippen MR) is 80.9 cm³/mol. The predicted octanol–water partition coefficient (Wildman–Crippen LogP) is 3.31. The van der Waals surface area contributed by atoms with Gasteiger partial charge < -0.3 is 5.32 Å². The van der Waals surface area contributed by atoms with Gasteiger partial charge in [0.05, 0.1) is 11.1 Å². The van der Waals surface area contributed by atoms with E-state index >= 15 is 0 Å². The van der Waals surface area contributed by atoms with Gasteiger partial charge in [-0.25, -0.2) is 4.39 Å². The first-order valence-electron chi connectivity index (χ1n) is 6.91. The van der Waals surface area contributed by atoms with Gasteiger partial charge in [-0.05, 0) is 29.2 Å². The zero-order valence-electron chi connectivity index (χ0n) is 11.4. The number of fused-ring (bicyclic) bond motifs is 1. The molecule has 0 radical (unpaired) electrons. The van der Waals surface area contributed by atoms with E-state index in [4.69, 9.17) is 11.6 Å². The molecular weight excluding hydrogens is 289 g/mol. The molecule has 0 aromatic heterocycles. The van der Waals surface area contributed by atoms with Gasteiger partial charge in [-0.1, -0.05) is 48.0 Å². The molecule has 0 spiro atoms. The van der Waals surface area contributed by atoms with Gasteiger partial charge in [0.25, 0.3) is 0 Å². The average Bonchev–Trinajstić information content (AvgIpc) is 2.51. The van der Waals surface area contributed by atoms with Crippen LogP contribution in [0.1, 0.15) is 16.7 Å². The van der Waals surface area contributed by atoms with E-state index in [1.54, 1.807) is 12.1 Å².